The van der Waals surface area contributed by atoms with Crippen LogP contribution in [0.1, 0.15) is 0 Å². The highest BCUT2D eigenvalue weighted by Gasteiger charge is 2.15. The molecule has 0 radical (unpaired) electrons. The average Bonchev–Trinajstić information content (AvgIpc) is 2.82. The zero-order valence-electron chi connectivity index (χ0n) is 19.0. The first kappa shape index (κ1) is 25.6. The number of hydrogen-bond acceptors (Lipinski definition) is 10. The number of nitrogen functional groups attached to an aromatic ring is 2. The first-order chi connectivity index (χ1) is 16.8. The Labute approximate surface area is 211 Å². The summed E-state index contributed by atoms with van der Waals surface area (Å²) in [5.41, 5.74) is 13.2. The van der Waals surface area contributed by atoms with E-state index in [1.807, 2.05) is 18.2 Å². The molecule has 0 unspecified atom stereocenters. The molecule has 35 heavy (non-hydrogen) atoms. The predicted molar refractivity (Wildman–Crippen MR) is 135 cm³/mol. The lowest BCUT2D eigenvalue weighted by atomic mass is 10.1. The Kier molecular flexibility index (Phi) is 8.34. The van der Waals surface area contributed by atoms with Gasteiger partial charge in [0.05, 0.1) is 43.8 Å². The topological polar surface area (TPSA) is 152 Å². The summed E-state index contributed by atoms with van der Waals surface area (Å²) < 4.78 is 15.8. The maximum atomic E-state index is 9.83. The molecule has 0 saturated carbocycles. The first-order valence-corrected chi connectivity index (χ1v) is 10.7. The summed E-state index contributed by atoms with van der Waals surface area (Å²) in [4.78, 5) is 15.7. The van der Waals surface area contributed by atoms with Gasteiger partial charge in [0.25, 0.3) is 0 Å². The van der Waals surface area contributed by atoms with E-state index in [1.54, 1.807) is 32.4 Å². The second-order valence-electron chi connectivity index (χ2n) is 6.76. The van der Waals surface area contributed by atoms with Gasteiger partial charge in [-0.25, -0.2) is 19.9 Å². The summed E-state index contributed by atoms with van der Waals surface area (Å²) >= 11 is 11.7. The van der Waals surface area contributed by atoms with Crippen LogP contribution in [-0.4, -0.2) is 46.4 Å². The number of ether oxygens (including phenoxy) is 3. The van der Waals surface area contributed by atoms with Gasteiger partial charge in [-0.2, -0.15) is 0 Å². The number of phenolic OH excluding ortho intramolecular Hbond substituents is 1. The minimum Gasteiger partial charge on any atom is -0.507 e. The zero-order chi connectivity index (χ0) is 25.5. The van der Waals surface area contributed by atoms with Crippen LogP contribution in [0.5, 0.6) is 23.0 Å². The van der Waals surface area contributed by atoms with Crippen LogP contribution < -0.4 is 25.7 Å². The summed E-state index contributed by atoms with van der Waals surface area (Å²) in [6.07, 6.45) is 0. The number of anilines is 2. The third-order valence-electron chi connectivity index (χ3n) is 4.59. The molecule has 0 fully saturated rings. The molecule has 0 aliphatic heterocycles. The number of aromatic hydroxyl groups is 1. The van der Waals surface area contributed by atoms with Crippen molar-refractivity contribution in [2.45, 2.75) is 0 Å². The predicted octanol–water partition coefficient (Wildman–Crippen LogP) is 4.49. The summed E-state index contributed by atoms with van der Waals surface area (Å²) in [5, 5.41) is 10.3. The Morgan fingerprint density at radius 1 is 0.657 bits per heavy atom. The highest BCUT2D eigenvalue weighted by molar-refractivity contribution is 6.30. The molecule has 2 aromatic heterocycles. The minimum atomic E-state index is 0.0396. The number of rotatable bonds is 5. The van der Waals surface area contributed by atoms with Gasteiger partial charge in [-0.1, -0.05) is 35.3 Å². The number of nitrogens with zero attached hydrogens (tertiary/aromatic N) is 4. The van der Waals surface area contributed by atoms with E-state index in [-0.39, 0.29) is 28.0 Å². The Balaban J connectivity index is 0.000000196. The summed E-state index contributed by atoms with van der Waals surface area (Å²) in [7, 11) is 4.65. The van der Waals surface area contributed by atoms with E-state index in [2.05, 4.69) is 19.9 Å². The molecular formula is C23H22Cl2N6O4. The normalized spacial score (nSPS) is 10.2. The van der Waals surface area contributed by atoms with Crippen LogP contribution in [0, 0.1) is 0 Å². The van der Waals surface area contributed by atoms with Crippen LogP contribution in [0.15, 0.2) is 48.5 Å². The molecule has 4 aromatic rings. The molecule has 10 nitrogen and oxygen atoms in total. The molecule has 4 rings (SSSR count). The number of aromatic nitrogens is 4. The van der Waals surface area contributed by atoms with Crippen molar-refractivity contribution in [3.63, 3.8) is 0 Å². The Morgan fingerprint density at radius 2 is 1.06 bits per heavy atom. The molecule has 2 heterocycles. The largest absolute Gasteiger partial charge is 0.507 e. The molecule has 5 N–H and O–H groups in total. The molecule has 182 valence electrons. The molecule has 0 aliphatic rings. The number of halogens is 2. The standard InChI is InChI=1S/C12H12ClN3O2.C11H10ClN3O2/c1-17-8-4-3-5-9(18-2)11(8)7-6-10(13)16-12(14)15-7;1-17-8-4-2-3-7(16)10(8)6-5-9(12)15-11(13)14-6/h3-6H,1-2H3,(H2,14,15,16);2-5,16H,1H3,(H2,13,14,15). The van der Waals surface area contributed by atoms with Crippen molar-refractivity contribution in [3.05, 3.63) is 58.8 Å². The second kappa shape index (κ2) is 11.4. The van der Waals surface area contributed by atoms with Gasteiger partial charge < -0.3 is 30.8 Å². The molecule has 2 aromatic carbocycles. The van der Waals surface area contributed by atoms with Gasteiger partial charge in [-0.15, -0.1) is 0 Å². The quantitative estimate of drug-likeness (QED) is 0.323. The lowest BCUT2D eigenvalue weighted by Crippen LogP contribution is -1.99. The number of nitrogens with two attached hydrogens (primary N) is 2. The molecule has 0 saturated heterocycles. The van der Waals surface area contributed by atoms with Crippen molar-refractivity contribution < 1.29 is 19.3 Å². The van der Waals surface area contributed by atoms with Crippen molar-refractivity contribution in [2.24, 2.45) is 0 Å². The number of hydrogen-bond donors (Lipinski definition) is 3. The van der Waals surface area contributed by atoms with E-state index in [0.29, 0.717) is 39.8 Å². The Bertz CT molecular complexity index is 1280. The molecule has 0 aliphatic carbocycles. The van der Waals surface area contributed by atoms with Gasteiger partial charge in [0.1, 0.15) is 33.3 Å². The third-order valence-corrected chi connectivity index (χ3v) is 4.98. The van der Waals surface area contributed by atoms with E-state index in [4.69, 9.17) is 48.9 Å². The van der Waals surface area contributed by atoms with Crippen molar-refractivity contribution >= 4 is 35.1 Å². The number of benzene rings is 2. The van der Waals surface area contributed by atoms with Gasteiger partial charge in [0.15, 0.2) is 0 Å². The zero-order valence-corrected chi connectivity index (χ0v) is 20.5. The average molecular weight is 517 g/mol. The fourth-order valence-corrected chi connectivity index (χ4v) is 3.56. The van der Waals surface area contributed by atoms with E-state index in [1.165, 1.54) is 19.2 Å². The monoisotopic (exact) mass is 516 g/mol. The van der Waals surface area contributed by atoms with Gasteiger partial charge in [-0.05, 0) is 24.3 Å². The first-order valence-electron chi connectivity index (χ1n) is 9.95. The molecule has 12 heteroatoms. The summed E-state index contributed by atoms with van der Waals surface area (Å²) in [6.45, 7) is 0. The van der Waals surface area contributed by atoms with E-state index in [9.17, 15) is 5.11 Å². The van der Waals surface area contributed by atoms with Crippen LogP contribution >= 0.6 is 23.2 Å². The smallest absolute Gasteiger partial charge is 0.221 e. The van der Waals surface area contributed by atoms with Crippen LogP contribution in [0.2, 0.25) is 10.3 Å². The number of methoxy groups -OCH3 is 3. The summed E-state index contributed by atoms with van der Waals surface area (Å²) in [5.74, 6) is 1.92. The highest BCUT2D eigenvalue weighted by Crippen LogP contribution is 2.38. The maximum Gasteiger partial charge on any atom is 0.221 e. The Hall–Kier alpha value is -4.02. The maximum absolute atomic E-state index is 9.83. The Morgan fingerprint density at radius 3 is 1.49 bits per heavy atom. The molecule has 0 atom stereocenters. The van der Waals surface area contributed by atoms with Gasteiger partial charge in [0.2, 0.25) is 11.9 Å². The highest BCUT2D eigenvalue weighted by atomic mass is 35.5. The SMILES string of the molecule is COc1cccc(O)c1-c1cc(Cl)nc(N)n1.COc1cccc(OC)c1-c1cc(Cl)nc(N)n1. The van der Waals surface area contributed by atoms with E-state index < -0.39 is 0 Å². The van der Waals surface area contributed by atoms with Crippen molar-refractivity contribution in [1.82, 2.24) is 19.9 Å². The fraction of sp³-hybridized carbons (Fsp3) is 0.130. The number of phenols is 1. The lowest BCUT2D eigenvalue weighted by molar-refractivity contribution is 0.397. The van der Waals surface area contributed by atoms with E-state index in [0.717, 1.165) is 0 Å². The van der Waals surface area contributed by atoms with Crippen LogP contribution in [-0.2, 0) is 0 Å². The molecule has 0 bridgehead atoms. The van der Waals surface area contributed by atoms with Crippen molar-refractivity contribution in [2.75, 3.05) is 32.8 Å². The van der Waals surface area contributed by atoms with Gasteiger partial charge >= 0.3 is 0 Å². The summed E-state index contributed by atoms with van der Waals surface area (Å²) in [6, 6.07) is 13.5. The van der Waals surface area contributed by atoms with Crippen LogP contribution in [0.25, 0.3) is 22.5 Å². The molecule has 0 amide bonds. The van der Waals surface area contributed by atoms with E-state index >= 15 is 0 Å². The molecule has 0 spiro atoms. The third kappa shape index (κ3) is 6.11. The fourth-order valence-electron chi connectivity index (χ4n) is 3.18. The minimum absolute atomic E-state index is 0.0396. The van der Waals surface area contributed by atoms with Gasteiger partial charge in [-0.3, -0.25) is 0 Å². The van der Waals surface area contributed by atoms with Crippen LogP contribution in [0.3, 0.4) is 0 Å². The van der Waals surface area contributed by atoms with Crippen molar-refractivity contribution in [1.29, 1.82) is 0 Å². The molecular weight excluding hydrogens is 495 g/mol. The van der Waals surface area contributed by atoms with Crippen molar-refractivity contribution in [3.8, 4) is 45.5 Å². The second-order valence-corrected chi connectivity index (χ2v) is 7.53. The lowest BCUT2D eigenvalue weighted by Gasteiger charge is -2.12. The van der Waals surface area contributed by atoms with Crippen LogP contribution in [0.4, 0.5) is 11.9 Å². The van der Waals surface area contributed by atoms with Gasteiger partial charge in [0, 0.05) is 12.1 Å².